The summed E-state index contributed by atoms with van der Waals surface area (Å²) < 4.78 is 2.26. The van der Waals surface area contributed by atoms with Gasteiger partial charge in [0, 0.05) is 42.8 Å². The summed E-state index contributed by atoms with van der Waals surface area (Å²) in [6.45, 7) is 1.45. The molecule has 1 aliphatic heterocycles. The fourth-order valence-corrected chi connectivity index (χ4v) is 6.16. The molecule has 9 nitrogen and oxygen atoms in total. The van der Waals surface area contributed by atoms with Gasteiger partial charge in [0.15, 0.2) is 17.0 Å². The molecule has 0 bridgehead atoms. The van der Waals surface area contributed by atoms with Gasteiger partial charge in [0.05, 0.1) is 6.33 Å². The number of fused-ring (bicyclic) bond motifs is 1. The van der Waals surface area contributed by atoms with E-state index in [0.717, 1.165) is 74.2 Å². The van der Waals surface area contributed by atoms with Crippen LogP contribution >= 0.6 is 0 Å². The van der Waals surface area contributed by atoms with E-state index in [1.807, 2.05) is 41.6 Å². The van der Waals surface area contributed by atoms with Gasteiger partial charge in [0.1, 0.15) is 0 Å². The number of anilines is 2. The first-order valence-corrected chi connectivity index (χ1v) is 14.0. The molecule has 1 saturated heterocycles. The zero-order valence-corrected chi connectivity index (χ0v) is 21.5. The van der Waals surface area contributed by atoms with Crippen LogP contribution in [0.4, 0.5) is 11.8 Å². The second-order valence-corrected chi connectivity index (χ2v) is 11.0. The number of carbonyl (C=O) groups excluding carboxylic acids is 1. The van der Waals surface area contributed by atoms with Crippen molar-refractivity contribution in [1.82, 2.24) is 24.4 Å². The molecular weight excluding hydrogens is 464 g/mol. The summed E-state index contributed by atoms with van der Waals surface area (Å²) in [5.41, 5.74) is 8.63. The summed E-state index contributed by atoms with van der Waals surface area (Å²) in [6, 6.07) is 10.9. The van der Waals surface area contributed by atoms with Crippen LogP contribution in [0.5, 0.6) is 0 Å². The number of imidazole rings is 1. The van der Waals surface area contributed by atoms with Gasteiger partial charge in [0.2, 0.25) is 5.95 Å². The number of amides is 1. The fraction of sp³-hybridized carbons (Fsp3) is 0.571. The largest absolute Gasteiger partial charge is 0.365 e. The number of nitrogens with two attached hydrogens (primary N) is 1. The van der Waals surface area contributed by atoms with Gasteiger partial charge in [0.25, 0.3) is 5.91 Å². The first kappa shape index (κ1) is 24.2. The number of piperidine rings is 1. The van der Waals surface area contributed by atoms with E-state index in [9.17, 15) is 4.79 Å². The summed E-state index contributed by atoms with van der Waals surface area (Å²) in [5.74, 6) is 1.58. The molecule has 1 amide bonds. The maximum absolute atomic E-state index is 12.9. The van der Waals surface area contributed by atoms with Gasteiger partial charge in [-0.1, -0.05) is 31.0 Å². The summed E-state index contributed by atoms with van der Waals surface area (Å²) in [7, 11) is 0. The maximum Gasteiger partial charge on any atom is 0.253 e. The van der Waals surface area contributed by atoms with E-state index in [0.29, 0.717) is 24.1 Å². The van der Waals surface area contributed by atoms with Crippen LogP contribution in [-0.2, 0) is 0 Å². The molecule has 1 aromatic carbocycles. The zero-order valence-electron chi connectivity index (χ0n) is 21.5. The molecule has 0 atom stereocenters. The molecule has 0 spiro atoms. The quantitative estimate of drug-likeness (QED) is 0.459. The van der Waals surface area contributed by atoms with E-state index in [2.05, 4.69) is 15.2 Å². The summed E-state index contributed by atoms with van der Waals surface area (Å²) >= 11 is 0. The zero-order chi connectivity index (χ0) is 25.2. The minimum Gasteiger partial charge on any atom is -0.365 e. The average Bonchev–Trinajstić information content (AvgIpc) is 3.61. The standard InChI is InChI=1S/C28H38N8O/c29-20-10-12-21(13-11-20)32-28-33-25(24-26(34-28)36(18-30-24)23-8-4-5-9-23)31-22-14-16-35(17-15-22)27(37)19-6-2-1-3-7-19/h1-3,6-7,18,20-23H,4-5,8-17,29H2,(H2,31,32,33,34). The van der Waals surface area contributed by atoms with Gasteiger partial charge >= 0.3 is 0 Å². The smallest absolute Gasteiger partial charge is 0.253 e. The molecule has 37 heavy (non-hydrogen) atoms. The van der Waals surface area contributed by atoms with Crippen LogP contribution in [-0.4, -0.2) is 61.5 Å². The Labute approximate surface area is 218 Å². The van der Waals surface area contributed by atoms with E-state index in [1.165, 1.54) is 25.7 Å². The number of aromatic nitrogens is 4. The first-order chi connectivity index (χ1) is 18.1. The van der Waals surface area contributed by atoms with Crippen molar-refractivity contribution < 1.29 is 4.79 Å². The number of rotatable bonds is 6. The third-order valence-corrected chi connectivity index (χ3v) is 8.39. The molecule has 0 unspecified atom stereocenters. The molecule has 4 N–H and O–H groups in total. The van der Waals surface area contributed by atoms with Crippen LogP contribution in [0.3, 0.4) is 0 Å². The van der Waals surface area contributed by atoms with Crippen molar-refractivity contribution in [2.75, 3.05) is 23.7 Å². The van der Waals surface area contributed by atoms with Crippen LogP contribution in [0.25, 0.3) is 11.2 Å². The first-order valence-electron chi connectivity index (χ1n) is 14.0. The van der Waals surface area contributed by atoms with Crippen molar-refractivity contribution >= 4 is 28.8 Å². The Morgan fingerprint density at radius 2 is 1.57 bits per heavy atom. The Morgan fingerprint density at radius 1 is 0.865 bits per heavy atom. The minimum atomic E-state index is 0.109. The number of nitrogens with zero attached hydrogens (tertiary/aromatic N) is 5. The van der Waals surface area contributed by atoms with Crippen LogP contribution in [0.1, 0.15) is 80.6 Å². The van der Waals surface area contributed by atoms with Gasteiger partial charge in [-0.3, -0.25) is 4.79 Å². The third kappa shape index (κ3) is 5.28. The predicted molar refractivity (Wildman–Crippen MR) is 146 cm³/mol. The van der Waals surface area contributed by atoms with Crippen molar-refractivity contribution in [2.24, 2.45) is 5.73 Å². The lowest BCUT2D eigenvalue weighted by atomic mass is 9.92. The summed E-state index contributed by atoms with van der Waals surface area (Å²) in [6.07, 6.45) is 12.7. The monoisotopic (exact) mass is 502 g/mol. The second-order valence-electron chi connectivity index (χ2n) is 11.0. The van der Waals surface area contributed by atoms with E-state index in [4.69, 9.17) is 20.7 Å². The summed E-state index contributed by atoms with van der Waals surface area (Å²) in [5, 5.41) is 7.29. The summed E-state index contributed by atoms with van der Waals surface area (Å²) in [4.78, 5) is 29.5. The number of likely N-dealkylation sites (tertiary alicyclic amines) is 1. The minimum absolute atomic E-state index is 0.109. The van der Waals surface area contributed by atoms with Gasteiger partial charge < -0.3 is 25.8 Å². The second kappa shape index (κ2) is 10.7. The van der Waals surface area contributed by atoms with Crippen molar-refractivity contribution in [3.63, 3.8) is 0 Å². The molecular formula is C28H38N8O. The third-order valence-electron chi connectivity index (χ3n) is 8.39. The Hall–Kier alpha value is -3.20. The maximum atomic E-state index is 12.9. The molecule has 3 aliphatic rings. The molecule has 3 fully saturated rings. The van der Waals surface area contributed by atoms with Gasteiger partial charge in [-0.2, -0.15) is 9.97 Å². The van der Waals surface area contributed by atoms with Crippen molar-refractivity contribution in [3.8, 4) is 0 Å². The number of carbonyl (C=O) groups is 1. The van der Waals surface area contributed by atoms with Crippen LogP contribution in [0.15, 0.2) is 36.7 Å². The van der Waals surface area contributed by atoms with Crippen LogP contribution in [0, 0.1) is 0 Å². The van der Waals surface area contributed by atoms with Crippen molar-refractivity contribution in [3.05, 3.63) is 42.2 Å². The Bertz CT molecular complexity index is 1210. The van der Waals surface area contributed by atoms with E-state index in [-0.39, 0.29) is 11.9 Å². The Balaban J connectivity index is 1.20. The molecule has 2 aromatic heterocycles. The molecule has 9 heteroatoms. The average molecular weight is 503 g/mol. The number of benzene rings is 1. The highest BCUT2D eigenvalue weighted by Crippen LogP contribution is 2.34. The molecule has 3 heterocycles. The lowest BCUT2D eigenvalue weighted by molar-refractivity contribution is 0.0718. The van der Waals surface area contributed by atoms with Gasteiger partial charge in [-0.15, -0.1) is 0 Å². The van der Waals surface area contributed by atoms with Crippen LogP contribution in [0.2, 0.25) is 0 Å². The highest BCUT2D eigenvalue weighted by molar-refractivity contribution is 5.94. The molecule has 3 aromatic rings. The highest BCUT2D eigenvalue weighted by atomic mass is 16.2. The molecule has 196 valence electrons. The van der Waals surface area contributed by atoms with E-state index < -0.39 is 0 Å². The van der Waals surface area contributed by atoms with Gasteiger partial charge in [-0.25, -0.2) is 4.98 Å². The van der Waals surface area contributed by atoms with Gasteiger partial charge in [-0.05, 0) is 63.5 Å². The fourth-order valence-electron chi connectivity index (χ4n) is 6.16. The van der Waals surface area contributed by atoms with Crippen molar-refractivity contribution in [1.29, 1.82) is 0 Å². The Morgan fingerprint density at radius 3 is 2.30 bits per heavy atom. The molecule has 6 rings (SSSR count). The molecule has 2 saturated carbocycles. The van der Waals surface area contributed by atoms with E-state index in [1.54, 1.807) is 0 Å². The van der Waals surface area contributed by atoms with E-state index >= 15 is 0 Å². The predicted octanol–water partition coefficient (Wildman–Crippen LogP) is 4.34. The number of nitrogens with one attached hydrogen (secondary N) is 2. The topological polar surface area (TPSA) is 114 Å². The molecule has 0 radical (unpaired) electrons. The lowest BCUT2D eigenvalue weighted by Crippen LogP contribution is -2.42. The highest BCUT2D eigenvalue weighted by Gasteiger charge is 2.27. The molecule has 2 aliphatic carbocycles. The van der Waals surface area contributed by atoms with Crippen LogP contribution < -0.4 is 16.4 Å². The normalized spacial score (nSPS) is 23.4. The Kier molecular flexibility index (Phi) is 6.95. The number of hydrogen-bond acceptors (Lipinski definition) is 7. The van der Waals surface area contributed by atoms with Crippen molar-refractivity contribution in [2.45, 2.75) is 88.4 Å². The SMILES string of the molecule is NC1CCC(Nc2nc(NC3CCN(C(=O)c4ccccc4)CC3)c3ncn(C4CCCC4)c3n2)CC1. The number of hydrogen-bond donors (Lipinski definition) is 3. The lowest BCUT2D eigenvalue weighted by Gasteiger charge is -2.33.